The Labute approximate surface area is 165 Å². The van der Waals surface area contributed by atoms with Crippen molar-refractivity contribution >= 4 is 16.8 Å². The van der Waals surface area contributed by atoms with Crippen LogP contribution in [0.2, 0.25) is 0 Å². The number of aromatic nitrogens is 1. The van der Waals surface area contributed by atoms with Crippen molar-refractivity contribution in [2.24, 2.45) is 0 Å². The zero-order valence-corrected chi connectivity index (χ0v) is 16.1. The smallest absolute Gasteiger partial charge is 0.252 e. The van der Waals surface area contributed by atoms with Gasteiger partial charge in [-0.15, -0.1) is 0 Å². The minimum absolute atomic E-state index is 0.00406. The SMILES string of the molecule is Cc1cc(C(=O)NCC2CN(Cc3ccccc3)CCO2)c2ccccc2n1. The topological polar surface area (TPSA) is 54.5 Å². The standard InChI is InChI=1S/C23H25N3O2/c1-17-13-21(20-9-5-6-10-22(20)25-17)23(27)24-14-19-16-26(11-12-28-19)15-18-7-3-2-4-8-18/h2-10,13,19H,11-12,14-16H2,1H3,(H,24,27). The van der Waals surface area contributed by atoms with Crippen LogP contribution in [0.5, 0.6) is 0 Å². The van der Waals surface area contributed by atoms with Crippen LogP contribution in [0.4, 0.5) is 0 Å². The van der Waals surface area contributed by atoms with E-state index in [4.69, 9.17) is 4.74 Å². The molecule has 1 aliphatic heterocycles. The summed E-state index contributed by atoms with van der Waals surface area (Å²) in [5.74, 6) is -0.0783. The summed E-state index contributed by atoms with van der Waals surface area (Å²) in [4.78, 5) is 19.7. The van der Waals surface area contributed by atoms with Gasteiger partial charge in [0.2, 0.25) is 0 Å². The number of hydrogen-bond donors (Lipinski definition) is 1. The van der Waals surface area contributed by atoms with E-state index in [1.54, 1.807) is 0 Å². The maximum Gasteiger partial charge on any atom is 0.252 e. The molecule has 1 atom stereocenters. The number of rotatable bonds is 5. The molecule has 3 aromatic rings. The number of pyridine rings is 1. The van der Waals surface area contributed by atoms with E-state index in [-0.39, 0.29) is 12.0 Å². The number of carbonyl (C=O) groups is 1. The second-order valence-corrected chi connectivity index (χ2v) is 7.25. The summed E-state index contributed by atoms with van der Waals surface area (Å²) in [6.45, 7) is 5.72. The molecular formula is C23H25N3O2. The van der Waals surface area contributed by atoms with E-state index in [2.05, 4.69) is 39.5 Å². The highest BCUT2D eigenvalue weighted by Crippen LogP contribution is 2.18. The number of aryl methyl sites for hydroxylation is 1. The molecule has 28 heavy (non-hydrogen) atoms. The van der Waals surface area contributed by atoms with E-state index >= 15 is 0 Å². The third-order valence-electron chi connectivity index (χ3n) is 5.05. The number of ether oxygens (including phenoxy) is 1. The molecule has 144 valence electrons. The zero-order chi connectivity index (χ0) is 19.3. The second kappa shape index (κ2) is 8.50. The normalized spacial score (nSPS) is 17.5. The first kappa shape index (κ1) is 18.6. The predicted molar refractivity (Wildman–Crippen MR) is 110 cm³/mol. The van der Waals surface area contributed by atoms with Crippen molar-refractivity contribution in [3.8, 4) is 0 Å². The highest BCUT2D eigenvalue weighted by atomic mass is 16.5. The van der Waals surface area contributed by atoms with Gasteiger partial charge in [0, 0.05) is 37.3 Å². The van der Waals surface area contributed by atoms with Gasteiger partial charge < -0.3 is 10.1 Å². The van der Waals surface area contributed by atoms with Gasteiger partial charge in [0.25, 0.3) is 5.91 Å². The molecule has 2 heterocycles. The van der Waals surface area contributed by atoms with Crippen LogP contribution in [0, 0.1) is 6.92 Å². The van der Waals surface area contributed by atoms with Crippen LogP contribution >= 0.6 is 0 Å². The van der Waals surface area contributed by atoms with Crippen LogP contribution in [0.3, 0.4) is 0 Å². The van der Waals surface area contributed by atoms with E-state index in [0.717, 1.165) is 36.2 Å². The molecule has 5 heteroatoms. The molecule has 0 radical (unpaired) electrons. The number of hydrogen-bond acceptors (Lipinski definition) is 4. The summed E-state index contributed by atoms with van der Waals surface area (Å²) in [6, 6.07) is 20.0. The first-order valence-corrected chi connectivity index (χ1v) is 9.71. The quantitative estimate of drug-likeness (QED) is 0.744. The average molecular weight is 375 g/mol. The Kier molecular flexibility index (Phi) is 5.65. The van der Waals surface area contributed by atoms with Crippen LogP contribution in [-0.4, -0.2) is 48.1 Å². The fourth-order valence-corrected chi connectivity index (χ4v) is 3.69. The van der Waals surface area contributed by atoms with E-state index < -0.39 is 0 Å². The first-order chi connectivity index (χ1) is 13.7. The molecule has 1 aromatic heterocycles. The Balaban J connectivity index is 1.38. The number of nitrogens with one attached hydrogen (secondary N) is 1. The Bertz CT molecular complexity index is 958. The fraction of sp³-hybridized carbons (Fsp3) is 0.304. The lowest BCUT2D eigenvalue weighted by Gasteiger charge is -2.33. The molecule has 1 fully saturated rings. The molecule has 1 saturated heterocycles. The molecule has 4 rings (SSSR count). The number of benzene rings is 2. The van der Waals surface area contributed by atoms with Gasteiger partial charge in [-0.05, 0) is 24.6 Å². The predicted octanol–water partition coefficient (Wildman–Crippen LogP) is 3.17. The van der Waals surface area contributed by atoms with Crippen LogP contribution in [0.25, 0.3) is 10.9 Å². The Morgan fingerprint density at radius 3 is 2.82 bits per heavy atom. The van der Waals surface area contributed by atoms with Crippen molar-refractivity contribution in [3.63, 3.8) is 0 Å². The van der Waals surface area contributed by atoms with Gasteiger partial charge in [-0.3, -0.25) is 14.7 Å². The number of fused-ring (bicyclic) bond motifs is 1. The number of morpholine rings is 1. The van der Waals surface area contributed by atoms with Gasteiger partial charge in [-0.25, -0.2) is 0 Å². The maximum absolute atomic E-state index is 12.8. The van der Waals surface area contributed by atoms with Crippen molar-refractivity contribution in [2.45, 2.75) is 19.6 Å². The van der Waals surface area contributed by atoms with Crippen molar-refractivity contribution < 1.29 is 9.53 Å². The molecule has 1 N–H and O–H groups in total. The summed E-state index contributed by atoms with van der Waals surface area (Å²) in [5.41, 5.74) is 3.65. The van der Waals surface area contributed by atoms with Gasteiger partial charge in [0.05, 0.1) is 23.8 Å². The zero-order valence-electron chi connectivity index (χ0n) is 16.1. The minimum Gasteiger partial charge on any atom is -0.374 e. The van der Waals surface area contributed by atoms with E-state index in [9.17, 15) is 4.79 Å². The van der Waals surface area contributed by atoms with Gasteiger partial charge in [0.1, 0.15) is 0 Å². The van der Waals surface area contributed by atoms with Gasteiger partial charge >= 0.3 is 0 Å². The van der Waals surface area contributed by atoms with Crippen molar-refractivity contribution in [1.29, 1.82) is 0 Å². The average Bonchev–Trinajstić information content (AvgIpc) is 2.72. The number of nitrogens with zero attached hydrogens (tertiary/aromatic N) is 2. The fourth-order valence-electron chi connectivity index (χ4n) is 3.69. The molecule has 1 aliphatic rings. The molecule has 1 amide bonds. The largest absolute Gasteiger partial charge is 0.374 e. The third kappa shape index (κ3) is 4.38. The van der Waals surface area contributed by atoms with E-state index in [0.29, 0.717) is 18.7 Å². The van der Waals surface area contributed by atoms with E-state index in [1.165, 1.54) is 5.56 Å². The monoisotopic (exact) mass is 375 g/mol. The minimum atomic E-state index is -0.0783. The van der Waals surface area contributed by atoms with Crippen molar-refractivity contribution in [1.82, 2.24) is 15.2 Å². The summed E-state index contributed by atoms with van der Waals surface area (Å²) >= 11 is 0. The molecule has 0 spiro atoms. The Hall–Kier alpha value is -2.76. The summed E-state index contributed by atoms with van der Waals surface area (Å²) in [6.07, 6.45) is -0.00406. The highest BCUT2D eigenvalue weighted by Gasteiger charge is 2.22. The lowest BCUT2D eigenvalue weighted by molar-refractivity contribution is -0.0292. The molecule has 1 unspecified atom stereocenters. The molecule has 0 saturated carbocycles. The first-order valence-electron chi connectivity index (χ1n) is 9.71. The van der Waals surface area contributed by atoms with Gasteiger partial charge in [-0.2, -0.15) is 0 Å². The third-order valence-corrected chi connectivity index (χ3v) is 5.05. The summed E-state index contributed by atoms with van der Waals surface area (Å²) < 4.78 is 5.87. The lowest BCUT2D eigenvalue weighted by atomic mass is 10.1. The second-order valence-electron chi connectivity index (χ2n) is 7.25. The van der Waals surface area contributed by atoms with Crippen LogP contribution in [-0.2, 0) is 11.3 Å². The number of amides is 1. The van der Waals surface area contributed by atoms with Crippen LogP contribution < -0.4 is 5.32 Å². The summed E-state index contributed by atoms with van der Waals surface area (Å²) in [5, 5.41) is 3.93. The Morgan fingerprint density at radius 2 is 1.96 bits per heavy atom. The van der Waals surface area contributed by atoms with Crippen molar-refractivity contribution in [3.05, 3.63) is 77.5 Å². The molecule has 5 nitrogen and oxygen atoms in total. The summed E-state index contributed by atoms with van der Waals surface area (Å²) in [7, 11) is 0. The van der Waals surface area contributed by atoms with Crippen LogP contribution in [0.15, 0.2) is 60.7 Å². The van der Waals surface area contributed by atoms with Crippen LogP contribution in [0.1, 0.15) is 21.6 Å². The molecule has 0 aliphatic carbocycles. The van der Waals surface area contributed by atoms with Crippen molar-refractivity contribution in [2.75, 3.05) is 26.2 Å². The lowest BCUT2D eigenvalue weighted by Crippen LogP contribution is -2.47. The molecular weight excluding hydrogens is 350 g/mol. The Morgan fingerprint density at radius 1 is 1.18 bits per heavy atom. The van der Waals surface area contributed by atoms with E-state index in [1.807, 2.05) is 43.3 Å². The molecule has 0 bridgehead atoms. The maximum atomic E-state index is 12.8. The van der Waals surface area contributed by atoms with Gasteiger partial charge in [-0.1, -0.05) is 48.5 Å². The molecule has 2 aromatic carbocycles. The number of carbonyl (C=O) groups excluding carboxylic acids is 1. The highest BCUT2D eigenvalue weighted by molar-refractivity contribution is 6.06. The van der Waals surface area contributed by atoms with Gasteiger partial charge in [0.15, 0.2) is 0 Å². The number of para-hydroxylation sites is 1.